The maximum absolute atomic E-state index is 12.2. The fourth-order valence-corrected chi connectivity index (χ4v) is 3.98. The van der Waals surface area contributed by atoms with Crippen LogP contribution >= 0.6 is 0 Å². The van der Waals surface area contributed by atoms with Crippen molar-refractivity contribution < 1.29 is 13.2 Å². The maximum atomic E-state index is 12.2. The Morgan fingerprint density at radius 3 is 2.24 bits per heavy atom. The van der Waals surface area contributed by atoms with Crippen molar-refractivity contribution in [3.63, 3.8) is 0 Å². The van der Waals surface area contributed by atoms with Crippen LogP contribution in [0.15, 0.2) is 29.2 Å². The Hall–Kier alpha value is -1.36. The molecule has 0 aliphatic heterocycles. The number of rotatable bonds is 4. The zero-order chi connectivity index (χ0) is 15.2. The van der Waals surface area contributed by atoms with Gasteiger partial charge in [0.05, 0.1) is 10.9 Å². The fraction of sp³-hybridized carbons (Fsp3) is 0.562. The molecule has 1 aromatic rings. The van der Waals surface area contributed by atoms with E-state index in [-0.39, 0.29) is 17.9 Å². The molecule has 0 saturated heterocycles. The van der Waals surface area contributed by atoms with Gasteiger partial charge in [0.25, 0.3) is 0 Å². The number of carbonyl (C=O) groups is 1. The molecule has 1 amide bonds. The molecule has 3 atom stereocenters. The molecule has 0 heterocycles. The number of hydrogen-bond acceptors (Lipinski definition) is 3. The second-order valence-corrected chi connectivity index (χ2v) is 8.51. The molecule has 114 valence electrons. The van der Waals surface area contributed by atoms with Crippen LogP contribution in [0, 0.1) is 17.8 Å². The first-order chi connectivity index (χ1) is 9.84. The Labute approximate surface area is 125 Å². The topological polar surface area (TPSA) is 63.2 Å². The molecule has 2 aliphatic rings. The molecule has 2 saturated carbocycles. The van der Waals surface area contributed by atoms with Crippen LogP contribution in [0.5, 0.6) is 0 Å². The standard InChI is InChI=1S/C16H21NO3S/c1-10(11-3-5-15(6-4-11)21(2,19)20)17-16(18)14-8-12-7-13(12)9-14/h3-6,10,12-14H,7-9H2,1-2H3,(H,17,18). The van der Waals surface area contributed by atoms with E-state index in [4.69, 9.17) is 0 Å². The summed E-state index contributed by atoms with van der Waals surface area (Å²) < 4.78 is 22.9. The number of sulfone groups is 1. The number of amides is 1. The fourth-order valence-electron chi connectivity index (χ4n) is 3.35. The molecule has 3 rings (SSSR count). The average Bonchev–Trinajstić information content (AvgIpc) is 3.04. The second-order valence-electron chi connectivity index (χ2n) is 6.50. The molecule has 0 bridgehead atoms. The van der Waals surface area contributed by atoms with Crippen LogP contribution in [-0.4, -0.2) is 20.6 Å². The van der Waals surface area contributed by atoms with Gasteiger partial charge >= 0.3 is 0 Å². The van der Waals surface area contributed by atoms with Crippen LogP contribution in [0.2, 0.25) is 0 Å². The lowest BCUT2D eigenvalue weighted by atomic mass is 10.0. The summed E-state index contributed by atoms with van der Waals surface area (Å²) in [5.41, 5.74) is 0.930. The number of hydrogen-bond donors (Lipinski definition) is 1. The lowest BCUT2D eigenvalue weighted by Crippen LogP contribution is -2.32. The number of fused-ring (bicyclic) bond motifs is 1. The van der Waals surface area contributed by atoms with Crippen LogP contribution in [0.1, 0.15) is 37.8 Å². The third-order valence-corrected chi connectivity index (χ3v) is 5.91. The van der Waals surface area contributed by atoms with Crippen LogP contribution in [0.25, 0.3) is 0 Å². The normalized spacial score (nSPS) is 28.8. The van der Waals surface area contributed by atoms with Gasteiger partial charge in [-0.3, -0.25) is 4.79 Å². The number of carbonyl (C=O) groups excluding carboxylic acids is 1. The molecule has 2 fully saturated rings. The monoisotopic (exact) mass is 307 g/mol. The molecule has 4 nitrogen and oxygen atoms in total. The van der Waals surface area contributed by atoms with E-state index in [0.29, 0.717) is 4.90 Å². The zero-order valence-electron chi connectivity index (χ0n) is 12.4. The minimum Gasteiger partial charge on any atom is -0.349 e. The molecule has 21 heavy (non-hydrogen) atoms. The molecule has 0 spiro atoms. The van der Waals surface area contributed by atoms with E-state index < -0.39 is 9.84 Å². The highest BCUT2D eigenvalue weighted by Gasteiger charge is 2.48. The largest absolute Gasteiger partial charge is 0.349 e. The minimum atomic E-state index is -3.17. The quantitative estimate of drug-likeness (QED) is 0.928. The van der Waals surface area contributed by atoms with E-state index in [9.17, 15) is 13.2 Å². The summed E-state index contributed by atoms with van der Waals surface area (Å²) in [6, 6.07) is 6.64. The predicted octanol–water partition coefficient (Wildman–Crippen LogP) is 2.31. The first-order valence-electron chi connectivity index (χ1n) is 7.45. The third kappa shape index (κ3) is 3.12. The molecule has 5 heteroatoms. The van der Waals surface area contributed by atoms with Gasteiger partial charge in [0.1, 0.15) is 0 Å². The average molecular weight is 307 g/mol. The number of benzene rings is 1. The molecular formula is C16H21NO3S. The van der Waals surface area contributed by atoms with Crippen LogP contribution in [0.4, 0.5) is 0 Å². The first kappa shape index (κ1) is 14.6. The van der Waals surface area contributed by atoms with Gasteiger partial charge in [-0.25, -0.2) is 8.42 Å². The van der Waals surface area contributed by atoms with Crippen LogP contribution in [0.3, 0.4) is 0 Å². The molecule has 0 radical (unpaired) electrons. The van der Waals surface area contributed by atoms with Crippen molar-refractivity contribution in [3.05, 3.63) is 29.8 Å². The lowest BCUT2D eigenvalue weighted by molar-refractivity contribution is -0.125. The van der Waals surface area contributed by atoms with Gasteiger partial charge in [-0.2, -0.15) is 0 Å². The highest BCUT2D eigenvalue weighted by atomic mass is 32.2. The van der Waals surface area contributed by atoms with E-state index in [1.165, 1.54) is 12.7 Å². The third-order valence-electron chi connectivity index (χ3n) is 4.78. The molecule has 1 aromatic carbocycles. The van der Waals surface area contributed by atoms with Crippen molar-refractivity contribution in [2.45, 2.75) is 37.1 Å². The van der Waals surface area contributed by atoms with Gasteiger partial charge in [0, 0.05) is 12.2 Å². The Morgan fingerprint density at radius 1 is 1.14 bits per heavy atom. The highest BCUT2D eigenvalue weighted by molar-refractivity contribution is 7.90. The van der Waals surface area contributed by atoms with E-state index in [0.717, 1.165) is 30.2 Å². The summed E-state index contributed by atoms with van der Waals surface area (Å²) in [6.07, 6.45) is 4.58. The van der Waals surface area contributed by atoms with E-state index in [1.54, 1.807) is 24.3 Å². The van der Waals surface area contributed by atoms with E-state index >= 15 is 0 Å². The van der Waals surface area contributed by atoms with Crippen molar-refractivity contribution in [2.24, 2.45) is 17.8 Å². The van der Waals surface area contributed by atoms with Crippen molar-refractivity contribution in [1.29, 1.82) is 0 Å². The molecule has 3 unspecified atom stereocenters. The van der Waals surface area contributed by atoms with Gasteiger partial charge in [-0.05, 0) is 55.7 Å². The van der Waals surface area contributed by atoms with Crippen LogP contribution in [-0.2, 0) is 14.6 Å². The van der Waals surface area contributed by atoms with Gasteiger partial charge in [0.15, 0.2) is 9.84 Å². The Kier molecular flexibility index (Phi) is 3.56. The van der Waals surface area contributed by atoms with Gasteiger partial charge in [-0.15, -0.1) is 0 Å². The summed E-state index contributed by atoms with van der Waals surface area (Å²) in [7, 11) is -3.17. The smallest absolute Gasteiger partial charge is 0.223 e. The highest BCUT2D eigenvalue weighted by Crippen LogP contribution is 2.54. The summed E-state index contributed by atoms with van der Waals surface area (Å²) in [6.45, 7) is 1.93. The van der Waals surface area contributed by atoms with Crippen molar-refractivity contribution >= 4 is 15.7 Å². The Bertz CT molecular complexity index is 641. The predicted molar refractivity (Wildman–Crippen MR) is 80.4 cm³/mol. The lowest BCUT2D eigenvalue weighted by Gasteiger charge is -2.18. The van der Waals surface area contributed by atoms with Crippen molar-refractivity contribution in [1.82, 2.24) is 5.32 Å². The van der Waals surface area contributed by atoms with Gasteiger partial charge < -0.3 is 5.32 Å². The second kappa shape index (κ2) is 5.13. The van der Waals surface area contributed by atoms with Gasteiger partial charge in [0.2, 0.25) is 5.91 Å². The van der Waals surface area contributed by atoms with Gasteiger partial charge in [-0.1, -0.05) is 12.1 Å². The summed E-state index contributed by atoms with van der Waals surface area (Å²) >= 11 is 0. The Morgan fingerprint density at radius 2 is 1.71 bits per heavy atom. The minimum absolute atomic E-state index is 0.0944. The summed E-state index contributed by atoms with van der Waals surface area (Å²) in [5.74, 6) is 1.91. The molecule has 0 aromatic heterocycles. The molecule has 2 aliphatic carbocycles. The zero-order valence-corrected chi connectivity index (χ0v) is 13.2. The maximum Gasteiger partial charge on any atom is 0.223 e. The Balaban J connectivity index is 1.62. The van der Waals surface area contributed by atoms with E-state index in [2.05, 4.69) is 5.32 Å². The molecule has 1 N–H and O–H groups in total. The SMILES string of the molecule is CC(NC(=O)C1CC2CC2C1)c1ccc(S(C)(=O)=O)cc1. The van der Waals surface area contributed by atoms with E-state index in [1.807, 2.05) is 6.92 Å². The summed E-state index contributed by atoms with van der Waals surface area (Å²) in [4.78, 5) is 12.5. The van der Waals surface area contributed by atoms with Crippen molar-refractivity contribution in [3.8, 4) is 0 Å². The summed E-state index contributed by atoms with van der Waals surface area (Å²) in [5, 5.41) is 3.05. The van der Waals surface area contributed by atoms with Crippen LogP contribution < -0.4 is 5.32 Å². The van der Waals surface area contributed by atoms with Crippen molar-refractivity contribution in [2.75, 3.05) is 6.26 Å². The first-order valence-corrected chi connectivity index (χ1v) is 9.34. The molecular weight excluding hydrogens is 286 g/mol. The number of nitrogens with one attached hydrogen (secondary N) is 1.